The minimum Gasteiger partial charge on any atom is -0.469 e. The van der Waals surface area contributed by atoms with Gasteiger partial charge in [0.2, 0.25) is 6.10 Å². The maximum absolute atomic E-state index is 13.0. The molecule has 1 heterocycles. The number of furan rings is 1. The highest BCUT2D eigenvalue weighted by Gasteiger charge is 2.27. The van der Waals surface area contributed by atoms with Crippen LogP contribution in [0.4, 0.5) is 10.1 Å². The van der Waals surface area contributed by atoms with E-state index in [-0.39, 0.29) is 5.56 Å². The van der Waals surface area contributed by atoms with E-state index in [4.69, 9.17) is 9.15 Å². The summed E-state index contributed by atoms with van der Waals surface area (Å²) in [7, 11) is 0. The van der Waals surface area contributed by atoms with Gasteiger partial charge in [-0.25, -0.2) is 9.18 Å². The Morgan fingerprint density at radius 3 is 2.35 bits per heavy atom. The van der Waals surface area contributed by atoms with Crippen molar-refractivity contribution in [3.8, 4) is 0 Å². The molecule has 1 amide bonds. The number of carbonyl (C=O) groups excluding carboxylic acids is 2. The summed E-state index contributed by atoms with van der Waals surface area (Å²) in [5.74, 6) is -1.22. The van der Waals surface area contributed by atoms with E-state index < -0.39 is 23.8 Å². The number of anilines is 1. The zero-order chi connectivity index (χ0) is 18.5. The van der Waals surface area contributed by atoms with Gasteiger partial charge in [0.05, 0.1) is 6.26 Å². The minimum absolute atomic E-state index is 0.250. The SMILES string of the molecule is Cc1occc1C(=O)O[C@H](C(=O)Nc1ccc(F)cc1)c1ccccc1. The highest BCUT2D eigenvalue weighted by Crippen LogP contribution is 2.23. The highest BCUT2D eigenvalue weighted by molar-refractivity contribution is 5.98. The lowest BCUT2D eigenvalue weighted by Gasteiger charge is -2.18. The standard InChI is InChI=1S/C20H16FNO4/c1-13-17(11-12-25-13)20(24)26-18(14-5-3-2-4-6-14)19(23)22-16-9-7-15(21)8-10-16/h2-12,18H,1H3,(H,22,23)/t18-/m0/s1. The fourth-order valence-corrected chi connectivity index (χ4v) is 2.41. The van der Waals surface area contributed by atoms with Crippen LogP contribution in [0.3, 0.4) is 0 Å². The predicted octanol–water partition coefficient (Wildman–Crippen LogP) is 4.26. The van der Waals surface area contributed by atoms with Crippen molar-refractivity contribution in [2.24, 2.45) is 0 Å². The van der Waals surface area contributed by atoms with Crippen LogP contribution in [0.25, 0.3) is 0 Å². The zero-order valence-electron chi connectivity index (χ0n) is 13.9. The second-order valence-corrected chi connectivity index (χ2v) is 5.58. The van der Waals surface area contributed by atoms with Gasteiger partial charge in [-0.15, -0.1) is 0 Å². The molecule has 0 aliphatic rings. The molecule has 1 N–H and O–H groups in total. The highest BCUT2D eigenvalue weighted by atomic mass is 19.1. The Morgan fingerprint density at radius 2 is 1.73 bits per heavy atom. The van der Waals surface area contributed by atoms with Crippen LogP contribution in [0.2, 0.25) is 0 Å². The van der Waals surface area contributed by atoms with Gasteiger partial charge in [0.15, 0.2) is 0 Å². The van der Waals surface area contributed by atoms with Gasteiger partial charge in [-0.2, -0.15) is 0 Å². The third-order valence-corrected chi connectivity index (χ3v) is 3.76. The topological polar surface area (TPSA) is 68.5 Å². The number of hydrogen-bond donors (Lipinski definition) is 1. The molecule has 3 rings (SSSR count). The number of aryl methyl sites for hydroxylation is 1. The largest absolute Gasteiger partial charge is 0.469 e. The number of ether oxygens (including phenoxy) is 1. The fourth-order valence-electron chi connectivity index (χ4n) is 2.41. The van der Waals surface area contributed by atoms with E-state index in [1.54, 1.807) is 37.3 Å². The van der Waals surface area contributed by atoms with Crippen LogP contribution in [-0.4, -0.2) is 11.9 Å². The first kappa shape index (κ1) is 17.4. The molecule has 6 heteroatoms. The number of hydrogen-bond acceptors (Lipinski definition) is 4. The van der Waals surface area contributed by atoms with Crippen molar-refractivity contribution in [1.29, 1.82) is 0 Å². The molecule has 0 aliphatic carbocycles. The molecule has 1 atom stereocenters. The van der Waals surface area contributed by atoms with Crippen LogP contribution in [0.1, 0.15) is 27.8 Å². The minimum atomic E-state index is -1.16. The second-order valence-electron chi connectivity index (χ2n) is 5.58. The molecule has 0 bridgehead atoms. The molecule has 0 aliphatic heterocycles. The summed E-state index contributed by atoms with van der Waals surface area (Å²) in [6.45, 7) is 1.63. The molecule has 0 fully saturated rings. The number of nitrogens with one attached hydrogen (secondary N) is 1. The molecule has 26 heavy (non-hydrogen) atoms. The molecule has 0 saturated carbocycles. The molecule has 0 unspecified atom stereocenters. The number of halogens is 1. The van der Waals surface area contributed by atoms with Gasteiger partial charge in [0, 0.05) is 11.3 Å². The number of rotatable bonds is 5. The molecular weight excluding hydrogens is 337 g/mol. The Bertz CT molecular complexity index is 903. The van der Waals surface area contributed by atoms with Crippen LogP contribution in [0, 0.1) is 12.7 Å². The maximum atomic E-state index is 13.0. The maximum Gasteiger partial charge on any atom is 0.342 e. The Morgan fingerprint density at radius 1 is 1.04 bits per heavy atom. The molecule has 2 aromatic carbocycles. The Kier molecular flexibility index (Phi) is 5.12. The van der Waals surface area contributed by atoms with Crippen molar-refractivity contribution < 1.29 is 23.1 Å². The third-order valence-electron chi connectivity index (χ3n) is 3.76. The van der Waals surface area contributed by atoms with Crippen molar-refractivity contribution in [2.45, 2.75) is 13.0 Å². The summed E-state index contributed by atoms with van der Waals surface area (Å²) in [4.78, 5) is 25.1. The molecule has 0 saturated heterocycles. The zero-order valence-corrected chi connectivity index (χ0v) is 13.9. The van der Waals surface area contributed by atoms with Gasteiger partial charge < -0.3 is 14.5 Å². The molecule has 0 radical (unpaired) electrons. The van der Waals surface area contributed by atoms with Crippen molar-refractivity contribution in [1.82, 2.24) is 0 Å². The smallest absolute Gasteiger partial charge is 0.342 e. The first-order chi connectivity index (χ1) is 12.5. The Hall–Kier alpha value is -3.41. The van der Waals surface area contributed by atoms with Crippen LogP contribution in [0.5, 0.6) is 0 Å². The van der Waals surface area contributed by atoms with Gasteiger partial charge in [-0.3, -0.25) is 4.79 Å². The Balaban J connectivity index is 1.83. The van der Waals surface area contributed by atoms with Gasteiger partial charge in [-0.1, -0.05) is 30.3 Å². The molecular formula is C20H16FNO4. The van der Waals surface area contributed by atoms with E-state index in [1.807, 2.05) is 0 Å². The van der Waals surface area contributed by atoms with Crippen LogP contribution in [0.15, 0.2) is 71.3 Å². The first-order valence-corrected chi connectivity index (χ1v) is 7.91. The number of carbonyl (C=O) groups is 2. The second kappa shape index (κ2) is 7.65. The molecule has 1 aromatic heterocycles. The van der Waals surface area contributed by atoms with Crippen LogP contribution >= 0.6 is 0 Å². The monoisotopic (exact) mass is 353 g/mol. The van der Waals surface area contributed by atoms with E-state index in [0.717, 1.165) is 0 Å². The quantitative estimate of drug-likeness (QED) is 0.696. The van der Waals surface area contributed by atoms with E-state index in [9.17, 15) is 14.0 Å². The summed E-state index contributed by atoms with van der Waals surface area (Å²) < 4.78 is 23.6. The van der Waals surface area contributed by atoms with E-state index in [1.165, 1.54) is 36.6 Å². The third kappa shape index (κ3) is 3.97. The van der Waals surface area contributed by atoms with Crippen molar-refractivity contribution in [3.63, 3.8) is 0 Å². The lowest BCUT2D eigenvalue weighted by Crippen LogP contribution is -2.26. The van der Waals surface area contributed by atoms with Gasteiger partial charge >= 0.3 is 5.97 Å². The summed E-state index contributed by atoms with van der Waals surface area (Å²) in [5, 5.41) is 2.63. The van der Waals surface area contributed by atoms with E-state index in [0.29, 0.717) is 17.0 Å². The van der Waals surface area contributed by atoms with Crippen molar-refractivity contribution in [3.05, 3.63) is 89.6 Å². The number of esters is 1. The van der Waals surface area contributed by atoms with E-state index >= 15 is 0 Å². The van der Waals surface area contributed by atoms with Crippen molar-refractivity contribution >= 4 is 17.6 Å². The summed E-state index contributed by atoms with van der Waals surface area (Å²) in [6, 6.07) is 15.4. The molecule has 132 valence electrons. The molecule has 0 spiro atoms. The summed E-state index contributed by atoms with van der Waals surface area (Å²) in [5.41, 5.74) is 1.16. The summed E-state index contributed by atoms with van der Waals surface area (Å²) >= 11 is 0. The average Bonchev–Trinajstić information content (AvgIpc) is 3.08. The average molecular weight is 353 g/mol. The van der Waals surface area contributed by atoms with Crippen molar-refractivity contribution in [2.75, 3.05) is 5.32 Å². The Labute approximate surface area is 149 Å². The summed E-state index contributed by atoms with van der Waals surface area (Å²) in [6.07, 6.45) is 0.213. The lowest BCUT2D eigenvalue weighted by atomic mass is 10.1. The molecule has 3 aromatic rings. The van der Waals surface area contributed by atoms with Gasteiger partial charge in [-0.05, 0) is 37.3 Å². The van der Waals surface area contributed by atoms with Gasteiger partial charge in [0.25, 0.3) is 5.91 Å². The van der Waals surface area contributed by atoms with Crippen LogP contribution in [-0.2, 0) is 9.53 Å². The predicted molar refractivity (Wildman–Crippen MR) is 93.1 cm³/mol. The first-order valence-electron chi connectivity index (χ1n) is 7.91. The fraction of sp³-hybridized carbons (Fsp3) is 0.100. The van der Waals surface area contributed by atoms with Gasteiger partial charge in [0.1, 0.15) is 17.1 Å². The van der Waals surface area contributed by atoms with Crippen LogP contribution < -0.4 is 5.32 Å². The number of benzene rings is 2. The number of amides is 1. The molecule has 5 nitrogen and oxygen atoms in total. The normalized spacial score (nSPS) is 11.6. The van der Waals surface area contributed by atoms with E-state index in [2.05, 4.69) is 5.32 Å². The lowest BCUT2D eigenvalue weighted by molar-refractivity contribution is -0.125.